The van der Waals surface area contributed by atoms with Gasteiger partial charge in [-0.1, -0.05) is 53.5 Å². The Balaban J connectivity index is 1.44. The smallest absolute Gasteiger partial charge is 0.311 e. The van der Waals surface area contributed by atoms with Crippen molar-refractivity contribution in [3.63, 3.8) is 0 Å². The molecule has 0 saturated carbocycles. The van der Waals surface area contributed by atoms with Crippen LogP contribution < -0.4 is 10.1 Å². The number of hydrogen-bond acceptors (Lipinski definition) is 9. The summed E-state index contributed by atoms with van der Waals surface area (Å²) in [6.07, 6.45) is 4.95. The topological polar surface area (TPSA) is 125 Å². The molecule has 5 rings (SSSR count). The van der Waals surface area contributed by atoms with E-state index in [-0.39, 0.29) is 0 Å². The highest BCUT2D eigenvalue weighted by Crippen LogP contribution is 2.43. The zero-order chi connectivity index (χ0) is 30.7. The number of carbonyl (C=O) groups is 1. The number of rotatable bonds is 10. The molecule has 2 N–H and O–H groups in total. The number of likely N-dealkylation sites (tertiary alicyclic amines) is 1. The van der Waals surface area contributed by atoms with E-state index >= 15 is 0 Å². The van der Waals surface area contributed by atoms with Crippen LogP contribution in [-0.4, -0.2) is 64.1 Å². The van der Waals surface area contributed by atoms with Gasteiger partial charge in [0.25, 0.3) is 0 Å². The van der Waals surface area contributed by atoms with Gasteiger partial charge in [0.15, 0.2) is 5.82 Å². The summed E-state index contributed by atoms with van der Waals surface area (Å²) in [6.45, 7) is 8.50. The monoisotopic (exact) mass is 617 g/mol. The number of aromatic nitrogens is 3. The zero-order valence-corrected chi connectivity index (χ0v) is 25.3. The largest absolute Gasteiger partial charge is 0.481 e. The third kappa shape index (κ3) is 5.94. The number of carboxylic acids is 1. The second kappa shape index (κ2) is 12.5. The molecule has 0 unspecified atom stereocenters. The molecule has 0 aliphatic carbocycles. The molecule has 0 amide bonds. The first-order valence-electron chi connectivity index (χ1n) is 13.3. The van der Waals surface area contributed by atoms with Gasteiger partial charge in [-0.25, -0.2) is 9.97 Å². The maximum atomic E-state index is 11.5. The second-order valence-corrected chi connectivity index (χ2v) is 11.0. The molecule has 0 spiro atoms. The van der Waals surface area contributed by atoms with Gasteiger partial charge in [0, 0.05) is 48.7 Å². The van der Waals surface area contributed by atoms with Crippen molar-refractivity contribution in [1.82, 2.24) is 19.9 Å². The van der Waals surface area contributed by atoms with E-state index < -0.39 is 11.4 Å². The number of benzene rings is 2. The Hall–Kier alpha value is -4.38. The van der Waals surface area contributed by atoms with Crippen molar-refractivity contribution in [2.75, 3.05) is 25.5 Å². The van der Waals surface area contributed by atoms with Crippen molar-refractivity contribution in [3.05, 3.63) is 70.6 Å². The molecule has 3 heterocycles. The number of halogens is 2. The summed E-state index contributed by atoms with van der Waals surface area (Å²) < 4.78 is 5.55. The number of ether oxygens (including phenoxy) is 1. The van der Waals surface area contributed by atoms with Crippen molar-refractivity contribution >= 4 is 65.0 Å². The van der Waals surface area contributed by atoms with Crippen molar-refractivity contribution < 1.29 is 14.6 Å². The van der Waals surface area contributed by atoms with Crippen molar-refractivity contribution in [2.45, 2.75) is 20.4 Å². The van der Waals surface area contributed by atoms with E-state index in [0.29, 0.717) is 86.5 Å². The maximum Gasteiger partial charge on any atom is 0.311 e. The van der Waals surface area contributed by atoms with Crippen LogP contribution in [0.5, 0.6) is 5.88 Å². The Kier molecular flexibility index (Phi) is 8.72. The second-order valence-electron chi connectivity index (χ2n) is 10.3. The molecule has 10 nitrogen and oxygen atoms in total. The fourth-order valence-electron chi connectivity index (χ4n) is 5.03. The van der Waals surface area contributed by atoms with Gasteiger partial charge in [-0.15, -0.1) is 0 Å². The van der Waals surface area contributed by atoms with E-state index in [9.17, 15) is 9.90 Å². The lowest BCUT2D eigenvalue weighted by molar-refractivity contribution is -0.159. The minimum Gasteiger partial charge on any atom is -0.481 e. The predicted octanol–water partition coefficient (Wildman–Crippen LogP) is 7.23. The summed E-state index contributed by atoms with van der Waals surface area (Å²) in [5.74, 6) is 0.00496. The quantitative estimate of drug-likeness (QED) is 0.179. The third-order valence-electron chi connectivity index (χ3n) is 7.19. The first kappa shape index (κ1) is 30.1. The third-order valence-corrected chi connectivity index (χ3v) is 8.00. The molecule has 1 fully saturated rings. The van der Waals surface area contributed by atoms with Gasteiger partial charge in [0.1, 0.15) is 11.4 Å². The lowest BCUT2D eigenvalue weighted by Crippen LogP contribution is -2.58. The van der Waals surface area contributed by atoms with Crippen LogP contribution in [0.2, 0.25) is 10.0 Å². The average molecular weight is 619 g/mol. The maximum absolute atomic E-state index is 11.5. The molecule has 43 heavy (non-hydrogen) atoms. The first-order chi connectivity index (χ1) is 20.7. The highest BCUT2D eigenvalue weighted by atomic mass is 35.5. The zero-order valence-electron chi connectivity index (χ0n) is 23.8. The van der Waals surface area contributed by atoms with Gasteiger partial charge >= 0.3 is 5.97 Å². The molecule has 0 radical (unpaired) electrons. The standard InChI is InChI=1S/C31H29Cl2N7O3/c1-5-35-22-12-13-36-28(27(22)34-3)38-21-11-7-9-19(26(21)33)18-8-6-10-20(25(18)32)23-14-37-24(29(39-23)43-4)15-40-16-31(2,17-40)30(41)42/h5-14H,3,15-17H2,1-2,4H3,(H,36,38)(H,41,42)/b35-5-. The summed E-state index contributed by atoms with van der Waals surface area (Å²) in [5.41, 5.74) is 4.17. The predicted molar refractivity (Wildman–Crippen MR) is 171 cm³/mol. The highest BCUT2D eigenvalue weighted by molar-refractivity contribution is 6.39. The minimum absolute atomic E-state index is 0.348. The number of aliphatic carboxylic acids is 1. The molecule has 2 aromatic carbocycles. The van der Waals surface area contributed by atoms with Gasteiger partial charge < -0.3 is 15.2 Å². The van der Waals surface area contributed by atoms with E-state index in [4.69, 9.17) is 27.9 Å². The van der Waals surface area contributed by atoms with Crippen LogP contribution in [-0.2, 0) is 11.3 Å². The van der Waals surface area contributed by atoms with Crippen LogP contribution in [0.25, 0.3) is 22.4 Å². The van der Waals surface area contributed by atoms with Crippen LogP contribution in [0.1, 0.15) is 19.5 Å². The normalized spacial score (nSPS) is 14.3. The molecule has 0 bridgehead atoms. The lowest BCUT2D eigenvalue weighted by Gasteiger charge is -2.44. The summed E-state index contributed by atoms with van der Waals surface area (Å²) in [7, 11) is 1.53. The van der Waals surface area contributed by atoms with Crippen molar-refractivity contribution in [1.29, 1.82) is 0 Å². The van der Waals surface area contributed by atoms with Gasteiger partial charge in [-0.05, 0) is 32.7 Å². The SMILES string of the molecule is C=Nc1c(/N=C\C)ccnc1Nc1cccc(-c2cccc(-c3cnc(CN4CC(C)(C(=O)O)C4)c(OC)n3)c2Cl)c1Cl. The van der Waals surface area contributed by atoms with Crippen molar-refractivity contribution in [2.24, 2.45) is 15.4 Å². The number of nitrogens with zero attached hydrogens (tertiary/aromatic N) is 6. The van der Waals surface area contributed by atoms with E-state index in [1.807, 2.05) is 48.2 Å². The van der Waals surface area contributed by atoms with Crippen molar-refractivity contribution in [3.8, 4) is 28.3 Å². The summed E-state index contributed by atoms with van der Waals surface area (Å²) in [6, 6.07) is 12.9. The summed E-state index contributed by atoms with van der Waals surface area (Å²) >= 11 is 13.9. The van der Waals surface area contributed by atoms with Gasteiger partial charge in [0.2, 0.25) is 5.88 Å². The Morgan fingerprint density at radius 2 is 1.84 bits per heavy atom. The van der Waals surface area contributed by atoms with Crippen LogP contribution in [0, 0.1) is 5.41 Å². The molecular weight excluding hydrogens is 589 g/mol. The first-order valence-corrected chi connectivity index (χ1v) is 14.1. The summed E-state index contributed by atoms with van der Waals surface area (Å²) in [5, 5.41) is 13.5. The Bertz CT molecular complexity index is 1740. The molecule has 4 aromatic rings. The van der Waals surface area contributed by atoms with Gasteiger partial charge in [-0.2, -0.15) is 0 Å². The average Bonchev–Trinajstić information content (AvgIpc) is 2.98. The molecule has 0 atom stereocenters. The number of aliphatic imine (C=N–C) groups is 2. The number of carboxylic acid groups (broad SMARTS) is 1. The van der Waals surface area contributed by atoms with Crippen LogP contribution in [0.3, 0.4) is 0 Å². The summed E-state index contributed by atoms with van der Waals surface area (Å²) in [4.78, 5) is 35.6. The van der Waals surface area contributed by atoms with E-state index in [1.165, 1.54) is 7.11 Å². The molecular formula is C31H29Cl2N7O3. The number of nitrogens with one attached hydrogen (secondary N) is 1. The van der Waals surface area contributed by atoms with Crippen LogP contribution >= 0.6 is 23.2 Å². The molecule has 2 aromatic heterocycles. The van der Waals surface area contributed by atoms with Crippen LogP contribution in [0.4, 0.5) is 22.9 Å². The molecule has 1 saturated heterocycles. The fourth-order valence-corrected chi connectivity index (χ4v) is 5.63. The lowest BCUT2D eigenvalue weighted by atomic mass is 9.82. The van der Waals surface area contributed by atoms with E-state index in [0.717, 1.165) is 0 Å². The molecule has 12 heteroatoms. The van der Waals surface area contributed by atoms with Gasteiger partial charge in [-0.3, -0.25) is 24.7 Å². The van der Waals surface area contributed by atoms with E-state index in [1.54, 1.807) is 31.6 Å². The number of anilines is 2. The number of hydrogen-bond donors (Lipinski definition) is 2. The Labute approximate surface area is 259 Å². The fraction of sp³-hybridized carbons (Fsp3) is 0.226. The Morgan fingerprint density at radius 1 is 1.14 bits per heavy atom. The Morgan fingerprint density at radius 3 is 2.51 bits per heavy atom. The van der Waals surface area contributed by atoms with Gasteiger partial charge in [0.05, 0.1) is 45.8 Å². The number of pyridine rings is 1. The molecule has 1 aliphatic heterocycles. The molecule has 220 valence electrons. The number of methoxy groups -OCH3 is 1. The van der Waals surface area contributed by atoms with Crippen LogP contribution in [0.15, 0.2) is 64.8 Å². The molecule has 1 aliphatic rings. The minimum atomic E-state index is -0.806. The highest BCUT2D eigenvalue weighted by Gasteiger charge is 2.45. The van der Waals surface area contributed by atoms with E-state index in [2.05, 4.69) is 37.0 Å².